The molecule has 0 fully saturated rings. The number of ether oxygens (including phenoxy) is 2. The highest BCUT2D eigenvalue weighted by molar-refractivity contribution is 7.90. The first-order valence-corrected chi connectivity index (χ1v) is 10.8. The summed E-state index contributed by atoms with van der Waals surface area (Å²) in [6, 6.07) is 18.1. The second kappa shape index (κ2) is 7.37. The lowest BCUT2D eigenvalue weighted by Crippen LogP contribution is -2.08. The molecule has 4 rings (SSSR count). The van der Waals surface area contributed by atoms with Crippen molar-refractivity contribution in [3.8, 4) is 11.5 Å². The van der Waals surface area contributed by atoms with Crippen LogP contribution in [0.4, 0.5) is 0 Å². The summed E-state index contributed by atoms with van der Waals surface area (Å²) >= 11 is 0. The van der Waals surface area contributed by atoms with E-state index in [1.165, 1.54) is 0 Å². The lowest BCUT2D eigenvalue weighted by molar-refractivity contribution is 0.358. The van der Waals surface area contributed by atoms with Crippen LogP contribution in [0.25, 0.3) is 21.7 Å². The largest absolute Gasteiger partial charge is 0.493 e. The fraction of sp³-hybridized carbons (Fsp3) is 0.174. The van der Waals surface area contributed by atoms with E-state index in [-0.39, 0.29) is 10.6 Å². The van der Waals surface area contributed by atoms with Gasteiger partial charge < -0.3 is 9.47 Å². The van der Waals surface area contributed by atoms with Gasteiger partial charge in [0.1, 0.15) is 0 Å². The van der Waals surface area contributed by atoms with Crippen LogP contribution in [0.1, 0.15) is 11.3 Å². The SMILES string of the molecule is COc1ccc2c(CS(=O)(=O)c3ccc(C)cc3)nc3ccccc3c2c1OC. The minimum Gasteiger partial charge on any atom is -0.493 e. The summed E-state index contributed by atoms with van der Waals surface area (Å²) in [6.07, 6.45) is 0. The lowest BCUT2D eigenvalue weighted by Gasteiger charge is -2.15. The van der Waals surface area contributed by atoms with Crippen LogP contribution in [-0.2, 0) is 15.6 Å². The van der Waals surface area contributed by atoms with E-state index >= 15 is 0 Å². The van der Waals surface area contributed by atoms with Gasteiger partial charge in [0.25, 0.3) is 0 Å². The van der Waals surface area contributed by atoms with Crippen molar-refractivity contribution >= 4 is 31.5 Å². The van der Waals surface area contributed by atoms with E-state index in [1.54, 1.807) is 44.6 Å². The maximum Gasteiger partial charge on any atom is 0.184 e. The predicted molar refractivity (Wildman–Crippen MR) is 114 cm³/mol. The number of methoxy groups -OCH3 is 2. The summed E-state index contributed by atoms with van der Waals surface area (Å²) in [5.41, 5.74) is 2.20. The van der Waals surface area contributed by atoms with Gasteiger partial charge in [-0.05, 0) is 37.3 Å². The molecule has 5 nitrogen and oxygen atoms in total. The van der Waals surface area contributed by atoms with Crippen molar-refractivity contribution in [2.45, 2.75) is 17.6 Å². The van der Waals surface area contributed by atoms with Crippen LogP contribution in [0.2, 0.25) is 0 Å². The number of para-hydroxylation sites is 1. The number of fused-ring (bicyclic) bond motifs is 3. The van der Waals surface area contributed by atoms with Crippen LogP contribution in [0.15, 0.2) is 65.6 Å². The van der Waals surface area contributed by atoms with Crippen molar-refractivity contribution in [2.75, 3.05) is 14.2 Å². The van der Waals surface area contributed by atoms with E-state index in [1.807, 2.05) is 37.3 Å². The number of sulfone groups is 1. The van der Waals surface area contributed by atoms with Gasteiger partial charge in [-0.3, -0.25) is 4.98 Å². The molecule has 0 atom stereocenters. The summed E-state index contributed by atoms with van der Waals surface area (Å²) in [4.78, 5) is 4.97. The summed E-state index contributed by atoms with van der Waals surface area (Å²) < 4.78 is 37.2. The normalized spacial score (nSPS) is 11.7. The Hall–Kier alpha value is -3.12. The Kier molecular flexibility index (Phi) is 4.88. The summed E-state index contributed by atoms with van der Waals surface area (Å²) in [6.45, 7) is 1.93. The average Bonchev–Trinajstić information content (AvgIpc) is 2.72. The van der Waals surface area contributed by atoms with E-state index in [2.05, 4.69) is 4.98 Å². The Morgan fingerprint density at radius 3 is 2.28 bits per heavy atom. The molecule has 6 heteroatoms. The molecule has 0 spiro atoms. The molecule has 0 amide bonds. The maximum atomic E-state index is 13.1. The Morgan fingerprint density at radius 1 is 0.862 bits per heavy atom. The average molecular weight is 407 g/mol. The molecular weight excluding hydrogens is 386 g/mol. The second-order valence-electron chi connectivity index (χ2n) is 6.87. The zero-order valence-corrected chi connectivity index (χ0v) is 17.3. The quantitative estimate of drug-likeness (QED) is 0.449. The van der Waals surface area contributed by atoms with Crippen molar-refractivity contribution in [1.82, 2.24) is 4.98 Å². The van der Waals surface area contributed by atoms with Crippen molar-refractivity contribution in [3.05, 3.63) is 71.9 Å². The van der Waals surface area contributed by atoms with Crippen molar-refractivity contribution in [1.29, 1.82) is 0 Å². The Balaban J connectivity index is 1.98. The molecule has 0 aliphatic carbocycles. The Morgan fingerprint density at radius 2 is 1.59 bits per heavy atom. The minimum absolute atomic E-state index is 0.202. The second-order valence-corrected chi connectivity index (χ2v) is 8.86. The smallest absolute Gasteiger partial charge is 0.184 e. The van der Waals surface area contributed by atoms with Gasteiger partial charge >= 0.3 is 0 Å². The number of rotatable bonds is 5. The van der Waals surface area contributed by atoms with Crippen LogP contribution < -0.4 is 9.47 Å². The van der Waals surface area contributed by atoms with Crippen LogP contribution in [-0.4, -0.2) is 27.6 Å². The molecule has 0 saturated carbocycles. The zero-order chi connectivity index (χ0) is 20.6. The number of pyridine rings is 1. The van der Waals surface area contributed by atoms with Crippen molar-refractivity contribution in [3.63, 3.8) is 0 Å². The maximum absolute atomic E-state index is 13.1. The number of hydrogen-bond acceptors (Lipinski definition) is 5. The first kappa shape index (κ1) is 19.2. The highest BCUT2D eigenvalue weighted by atomic mass is 32.2. The molecular formula is C23H21NO4S. The Bertz CT molecular complexity index is 1310. The van der Waals surface area contributed by atoms with Crippen LogP contribution in [0, 0.1) is 6.92 Å². The zero-order valence-electron chi connectivity index (χ0n) is 16.5. The highest BCUT2D eigenvalue weighted by Gasteiger charge is 2.21. The molecule has 0 bridgehead atoms. The van der Waals surface area contributed by atoms with Gasteiger partial charge in [-0.25, -0.2) is 8.42 Å². The minimum atomic E-state index is -3.56. The molecule has 4 aromatic rings. The van der Waals surface area contributed by atoms with Gasteiger partial charge in [-0.15, -0.1) is 0 Å². The van der Waals surface area contributed by atoms with E-state index in [0.29, 0.717) is 22.7 Å². The first-order valence-electron chi connectivity index (χ1n) is 9.16. The molecule has 0 radical (unpaired) electrons. The molecule has 1 aromatic heterocycles. The molecule has 1 heterocycles. The summed E-state index contributed by atoms with van der Waals surface area (Å²) in [5.74, 6) is 0.952. The molecule has 0 N–H and O–H groups in total. The van der Waals surface area contributed by atoms with E-state index in [0.717, 1.165) is 21.7 Å². The van der Waals surface area contributed by atoms with Crippen LogP contribution in [0.3, 0.4) is 0 Å². The van der Waals surface area contributed by atoms with Gasteiger partial charge in [0.05, 0.1) is 36.1 Å². The van der Waals surface area contributed by atoms with Gasteiger partial charge in [-0.1, -0.05) is 35.9 Å². The highest BCUT2D eigenvalue weighted by Crippen LogP contribution is 2.40. The number of benzene rings is 3. The molecule has 0 aliphatic heterocycles. The van der Waals surface area contributed by atoms with Gasteiger partial charge in [0.2, 0.25) is 0 Å². The molecule has 3 aromatic carbocycles. The van der Waals surface area contributed by atoms with Crippen LogP contribution in [0.5, 0.6) is 11.5 Å². The van der Waals surface area contributed by atoms with Crippen molar-refractivity contribution in [2.24, 2.45) is 0 Å². The van der Waals surface area contributed by atoms with E-state index in [4.69, 9.17) is 9.47 Å². The number of nitrogens with zero attached hydrogens (tertiary/aromatic N) is 1. The molecule has 29 heavy (non-hydrogen) atoms. The third kappa shape index (κ3) is 3.40. The number of hydrogen-bond donors (Lipinski definition) is 0. The Labute approximate surface area is 169 Å². The monoisotopic (exact) mass is 407 g/mol. The fourth-order valence-electron chi connectivity index (χ4n) is 3.54. The lowest BCUT2D eigenvalue weighted by atomic mass is 10.0. The third-order valence-electron chi connectivity index (χ3n) is 4.99. The molecule has 0 saturated heterocycles. The van der Waals surface area contributed by atoms with Crippen LogP contribution >= 0.6 is 0 Å². The van der Waals surface area contributed by atoms with E-state index < -0.39 is 9.84 Å². The third-order valence-corrected chi connectivity index (χ3v) is 6.64. The predicted octanol–water partition coefficient (Wildman–Crippen LogP) is 4.69. The summed E-state index contributed by atoms with van der Waals surface area (Å²) in [5, 5.41) is 2.42. The first-order chi connectivity index (χ1) is 13.9. The fourth-order valence-corrected chi connectivity index (χ4v) is 4.84. The van der Waals surface area contributed by atoms with Crippen molar-refractivity contribution < 1.29 is 17.9 Å². The van der Waals surface area contributed by atoms with Gasteiger partial charge in [-0.2, -0.15) is 0 Å². The molecule has 0 aliphatic rings. The molecule has 148 valence electrons. The standard InChI is InChI=1S/C23H21NO4S/c1-15-8-10-16(11-9-15)29(25,26)14-20-18-12-13-21(27-2)23(28-3)22(18)17-6-4-5-7-19(17)24-20/h4-13H,14H2,1-3H3. The number of aromatic nitrogens is 1. The number of aryl methyl sites for hydroxylation is 1. The molecule has 0 unspecified atom stereocenters. The van der Waals surface area contributed by atoms with E-state index in [9.17, 15) is 8.42 Å². The van der Waals surface area contributed by atoms with Gasteiger partial charge in [0, 0.05) is 16.2 Å². The van der Waals surface area contributed by atoms with Gasteiger partial charge in [0.15, 0.2) is 21.3 Å². The topological polar surface area (TPSA) is 65.5 Å². The summed E-state index contributed by atoms with van der Waals surface area (Å²) in [7, 11) is -0.402.